The second-order valence-electron chi connectivity index (χ2n) is 3.42. The molecule has 2 aromatic rings. The summed E-state index contributed by atoms with van der Waals surface area (Å²) in [5.41, 5.74) is 1.71. The number of rotatable bonds is 3. The average molecular weight is 299 g/mol. The Morgan fingerprint density at radius 3 is 2.94 bits per heavy atom. The lowest BCUT2D eigenvalue weighted by Gasteiger charge is -2.02. The molecule has 0 spiro atoms. The van der Waals surface area contributed by atoms with Crippen LogP contribution in [0.4, 0.5) is 0 Å². The summed E-state index contributed by atoms with van der Waals surface area (Å²) in [4.78, 5) is 13.1. The topological polar surface area (TPSA) is 34.9 Å². The number of carbonyl (C=O) groups is 1. The van der Waals surface area contributed by atoms with Crippen LogP contribution in [0, 0.1) is 0 Å². The Kier molecular flexibility index (Phi) is 3.25. The van der Waals surface area contributed by atoms with E-state index in [1.54, 1.807) is 17.9 Å². The van der Waals surface area contributed by atoms with Crippen molar-refractivity contribution in [2.24, 2.45) is 7.05 Å². The highest BCUT2D eigenvalue weighted by molar-refractivity contribution is 9.10. The molecule has 0 aliphatic rings. The molecule has 0 radical (unpaired) electrons. The zero-order valence-electron chi connectivity index (χ0n) is 9.03. The second kappa shape index (κ2) is 4.51. The van der Waals surface area contributed by atoms with Crippen LogP contribution < -0.4 is 0 Å². The van der Waals surface area contributed by atoms with Crippen LogP contribution in [0.25, 0.3) is 0 Å². The predicted octanol–water partition coefficient (Wildman–Crippen LogP) is 3.04. The molecule has 0 saturated carbocycles. The van der Waals surface area contributed by atoms with Gasteiger partial charge in [-0.3, -0.25) is 9.48 Å². The van der Waals surface area contributed by atoms with E-state index in [9.17, 15) is 4.79 Å². The van der Waals surface area contributed by atoms with Crippen LogP contribution in [0.2, 0.25) is 0 Å². The highest BCUT2D eigenvalue weighted by atomic mass is 79.9. The lowest BCUT2D eigenvalue weighted by atomic mass is 10.1. The van der Waals surface area contributed by atoms with E-state index in [1.807, 2.05) is 11.4 Å². The SMILES string of the molecule is CCc1ccsc1C(=O)c1c(Br)cnn1C. The Morgan fingerprint density at radius 1 is 1.62 bits per heavy atom. The third kappa shape index (κ3) is 1.85. The molecule has 0 unspecified atom stereocenters. The van der Waals surface area contributed by atoms with E-state index >= 15 is 0 Å². The van der Waals surface area contributed by atoms with E-state index in [0.717, 1.165) is 21.3 Å². The van der Waals surface area contributed by atoms with Crippen LogP contribution in [0.5, 0.6) is 0 Å². The normalized spacial score (nSPS) is 10.7. The van der Waals surface area contributed by atoms with Gasteiger partial charge in [0.1, 0.15) is 5.69 Å². The van der Waals surface area contributed by atoms with E-state index in [0.29, 0.717) is 5.69 Å². The zero-order valence-corrected chi connectivity index (χ0v) is 11.4. The molecule has 0 N–H and O–H groups in total. The summed E-state index contributed by atoms with van der Waals surface area (Å²) in [6.45, 7) is 2.05. The number of hydrogen-bond acceptors (Lipinski definition) is 3. The highest BCUT2D eigenvalue weighted by Crippen LogP contribution is 2.24. The Bertz CT molecular complexity index is 510. The van der Waals surface area contributed by atoms with Gasteiger partial charge in [-0.2, -0.15) is 5.10 Å². The first-order valence-corrected chi connectivity index (χ1v) is 6.61. The first kappa shape index (κ1) is 11.5. The minimum Gasteiger partial charge on any atom is -0.286 e. The van der Waals surface area contributed by atoms with E-state index in [4.69, 9.17) is 0 Å². The highest BCUT2D eigenvalue weighted by Gasteiger charge is 2.20. The van der Waals surface area contributed by atoms with Crippen molar-refractivity contribution < 1.29 is 4.79 Å². The van der Waals surface area contributed by atoms with Gasteiger partial charge in [-0.05, 0) is 39.4 Å². The standard InChI is InChI=1S/C11H11BrN2OS/c1-3-7-4-5-16-11(7)10(15)9-8(12)6-13-14(9)2/h4-6H,3H2,1-2H3. The maximum absolute atomic E-state index is 12.3. The first-order valence-electron chi connectivity index (χ1n) is 4.93. The van der Waals surface area contributed by atoms with Crippen molar-refractivity contribution in [1.29, 1.82) is 0 Å². The molecule has 16 heavy (non-hydrogen) atoms. The molecule has 2 heterocycles. The van der Waals surface area contributed by atoms with E-state index < -0.39 is 0 Å². The monoisotopic (exact) mass is 298 g/mol. The molecule has 0 fully saturated rings. The van der Waals surface area contributed by atoms with Gasteiger partial charge in [-0.25, -0.2) is 0 Å². The summed E-state index contributed by atoms with van der Waals surface area (Å²) < 4.78 is 2.35. The van der Waals surface area contributed by atoms with Crippen molar-refractivity contribution >= 4 is 33.0 Å². The summed E-state index contributed by atoms with van der Waals surface area (Å²) >= 11 is 4.84. The smallest absolute Gasteiger partial charge is 0.222 e. The van der Waals surface area contributed by atoms with Crippen LogP contribution in [0.3, 0.4) is 0 Å². The van der Waals surface area contributed by atoms with Gasteiger partial charge in [-0.1, -0.05) is 6.92 Å². The average Bonchev–Trinajstić information content (AvgIpc) is 2.85. The number of halogens is 1. The van der Waals surface area contributed by atoms with E-state index in [2.05, 4.69) is 28.0 Å². The number of thiophene rings is 1. The van der Waals surface area contributed by atoms with Crippen LogP contribution >= 0.6 is 27.3 Å². The van der Waals surface area contributed by atoms with Crippen LogP contribution in [0.1, 0.15) is 27.9 Å². The number of ketones is 1. The summed E-state index contributed by atoms with van der Waals surface area (Å²) in [5.74, 6) is 0.0405. The molecule has 0 aromatic carbocycles. The quantitative estimate of drug-likeness (QED) is 0.817. The predicted molar refractivity (Wildman–Crippen MR) is 68.0 cm³/mol. The van der Waals surface area contributed by atoms with E-state index in [1.165, 1.54) is 11.3 Å². The molecule has 3 nitrogen and oxygen atoms in total. The minimum absolute atomic E-state index is 0.0405. The van der Waals surface area contributed by atoms with Crippen molar-refractivity contribution in [2.75, 3.05) is 0 Å². The van der Waals surface area contributed by atoms with Crippen molar-refractivity contribution in [1.82, 2.24) is 9.78 Å². The molecule has 0 bridgehead atoms. The number of nitrogens with zero attached hydrogens (tertiary/aromatic N) is 2. The Labute approximate surface area is 106 Å². The molecular weight excluding hydrogens is 288 g/mol. The summed E-state index contributed by atoms with van der Waals surface area (Å²) in [6, 6.07) is 2.00. The maximum Gasteiger partial charge on any atom is 0.222 e. The number of aromatic nitrogens is 2. The van der Waals surface area contributed by atoms with Gasteiger partial charge in [0.2, 0.25) is 5.78 Å². The third-order valence-electron chi connectivity index (χ3n) is 2.44. The summed E-state index contributed by atoms with van der Waals surface area (Å²) in [7, 11) is 1.78. The minimum atomic E-state index is 0.0405. The van der Waals surface area contributed by atoms with Crippen LogP contribution in [-0.2, 0) is 13.5 Å². The molecular formula is C11H11BrN2OS. The zero-order chi connectivity index (χ0) is 11.7. The summed E-state index contributed by atoms with van der Waals surface area (Å²) in [5, 5.41) is 6.01. The van der Waals surface area contributed by atoms with Gasteiger partial charge >= 0.3 is 0 Å². The van der Waals surface area contributed by atoms with Crippen LogP contribution in [-0.4, -0.2) is 15.6 Å². The van der Waals surface area contributed by atoms with Crippen molar-refractivity contribution in [2.45, 2.75) is 13.3 Å². The molecule has 5 heteroatoms. The lowest BCUT2D eigenvalue weighted by Crippen LogP contribution is -2.09. The Hall–Kier alpha value is -0.940. The fourth-order valence-electron chi connectivity index (χ4n) is 1.59. The fraction of sp³-hybridized carbons (Fsp3) is 0.273. The number of aryl methyl sites for hydroxylation is 2. The van der Waals surface area contributed by atoms with Crippen LogP contribution in [0.15, 0.2) is 22.1 Å². The maximum atomic E-state index is 12.3. The fourth-order valence-corrected chi connectivity index (χ4v) is 3.05. The van der Waals surface area contributed by atoms with E-state index in [-0.39, 0.29) is 5.78 Å². The second-order valence-corrected chi connectivity index (χ2v) is 5.19. The van der Waals surface area contributed by atoms with Crippen molar-refractivity contribution in [3.05, 3.63) is 38.3 Å². The molecule has 84 valence electrons. The largest absolute Gasteiger partial charge is 0.286 e. The Balaban J connectivity index is 2.47. The molecule has 0 atom stereocenters. The Morgan fingerprint density at radius 2 is 2.38 bits per heavy atom. The molecule has 0 aliphatic heterocycles. The molecule has 2 aromatic heterocycles. The molecule has 0 amide bonds. The van der Waals surface area contributed by atoms with Crippen molar-refractivity contribution in [3.63, 3.8) is 0 Å². The number of hydrogen-bond donors (Lipinski definition) is 0. The molecule has 0 saturated heterocycles. The van der Waals surface area contributed by atoms with Gasteiger partial charge < -0.3 is 0 Å². The lowest BCUT2D eigenvalue weighted by molar-refractivity contribution is 0.103. The number of carbonyl (C=O) groups excluding carboxylic acids is 1. The summed E-state index contributed by atoms with van der Waals surface area (Å²) in [6.07, 6.45) is 2.52. The van der Waals surface area contributed by atoms with Gasteiger partial charge in [0.15, 0.2) is 0 Å². The van der Waals surface area contributed by atoms with Crippen molar-refractivity contribution in [3.8, 4) is 0 Å². The molecule has 2 rings (SSSR count). The molecule has 0 aliphatic carbocycles. The third-order valence-corrected chi connectivity index (χ3v) is 3.98. The van der Waals surface area contributed by atoms with Gasteiger partial charge in [0.25, 0.3) is 0 Å². The van der Waals surface area contributed by atoms with Gasteiger partial charge in [0, 0.05) is 7.05 Å². The van der Waals surface area contributed by atoms with Gasteiger partial charge in [-0.15, -0.1) is 11.3 Å². The first-order chi connectivity index (χ1) is 7.65. The van der Waals surface area contributed by atoms with Gasteiger partial charge in [0.05, 0.1) is 15.5 Å².